The Morgan fingerprint density at radius 1 is 1.41 bits per heavy atom. The van der Waals surface area contributed by atoms with Crippen molar-refractivity contribution in [3.63, 3.8) is 0 Å². The Morgan fingerprint density at radius 2 is 2.24 bits per heavy atom. The summed E-state index contributed by atoms with van der Waals surface area (Å²) in [7, 11) is 0. The van der Waals surface area contributed by atoms with E-state index in [0.717, 1.165) is 23.4 Å². The molecule has 0 aromatic carbocycles. The smallest absolute Gasteiger partial charge is 0.0794 e. The van der Waals surface area contributed by atoms with Gasteiger partial charge in [0, 0.05) is 28.9 Å². The van der Waals surface area contributed by atoms with E-state index in [1.807, 2.05) is 31.6 Å². The topological polar surface area (TPSA) is 63.8 Å². The lowest BCUT2D eigenvalue weighted by Gasteiger charge is -2.17. The molecule has 1 atom stereocenters. The standard InChI is InChI=1S/C12H16N4S/c1-8-3-4-11(9(2)15-8)12(16-13)5-10-6-14-7-17-10/h3-4,6-7,12,16H,5,13H2,1-2H3. The van der Waals surface area contributed by atoms with Crippen molar-refractivity contribution in [2.24, 2.45) is 5.84 Å². The number of rotatable bonds is 4. The molecule has 2 heterocycles. The number of nitrogens with one attached hydrogen (secondary N) is 1. The Morgan fingerprint density at radius 3 is 2.82 bits per heavy atom. The number of aryl methyl sites for hydroxylation is 2. The van der Waals surface area contributed by atoms with Gasteiger partial charge in [0.1, 0.15) is 0 Å². The molecule has 2 rings (SSSR count). The van der Waals surface area contributed by atoms with Crippen LogP contribution in [0.2, 0.25) is 0 Å². The molecule has 0 aliphatic heterocycles. The summed E-state index contributed by atoms with van der Waals surface area (Å²) in [6.07, 6.45) is 2.72. The van der Waals surface area contributed by atoms with Crippen molar-refractivity contribution in [1.82, 2.24) is 15.4 Å². The lowest BCUT2D eigenvalue weighted by molar-refractivity contribution is 0.550. The third kappa shape index (κ3) is 2.88. The van der Waals surface area contributed by atoms with E-state index in [0.29, 0.717) is 0 Å². The Hall–Kier alpha value is -1.30. The van der Waals surface area contributed by atoms with E-state index in [-0.39, 0.29) is 6.04 Å². The molecule has 17 heavy (non-hydrogen) atoms. The van der Waals surface area contributed by atoms with E-state index >= 15 is 0 Å². The van der Waals surface area contributed by atoms with Crippen molar-refractivity contribution in [3.05, 3.63) is 45.7 Å². The van der Waals surface area contributed by atoms with Crippen LogP contribution in [0, 0.1) is 13.8 Å². The molecule has 90 valence electrons. The average molecular weight is 248 g/mol. The maximum atomic E-state index is 5.63. The third-order valence-corrected chi connectivity index (χ3v) is 3.53. The molecular weight excluding hydrogens is 232 g/mol. The fourth-order valence-corrected chi connectivity index (χ4v) is 2.51. The average Bonchev–Trinajstić information content (AvgIpc) is 2.79. The largest absolute Gasteiger partial charge is 0.271 e. The summed E-state index contributed by atoms with van der Waals surface area (Å²) in [6, 6.07) is 4.19. The summed E-state index contributed by atoms with van der Waals surface area (Å²) in [6.45, 7) is 4.00. The molecule has 0 bridgehead atoms. The molecule has 2 aromatic heterocycles. The predicted molar refractivity (Wildman–Crippen MR) is 69.6 cm³/mol. The number of hydrogen-bond donors (Lipinski definition) is 2. The number of nitrogens with zero attached hydrogens (tertiary/aromatic N) is 2. The summed E-state index contributed by atoms with van der Waals surface area (Å²) in [5.74, 6) is 5.63. The second-order valence-electron chi connectivity index (χ2n) is 4.02. The highest BCUT2D eigenvalue weighted by atomic mass is 32.1. The van der Waals surface area contributed by atoms with Gasteiger partial charge in [0.15, 0.2) is 0 Å². The zero-order chi connectivity index (χ0) is 12.3. The summed E-state index contributed by atoms with van der Waals surface area (Å²) in [5.41, 5.74) is 7.89. The SMILES string of the molecule is Cc1ccc(C(Cc2cncs2)NN)c(C)n1. The van der Waals surface area contributed by atoms with Crippen LogP contribution in [0.25, 0.3) is 0 Å². The highest BCUT2D eigenvalue weighted by Crippen LogP contribution is 2.21. The fourth-order valence-electron chi connectivity index (χ4n) is 1.87. The van der Waals surface area contributed by atoms with Gasteiger partial charge in [-0.3, -0.25) is 21.2 Å². The van der Waals surface area contributed by atoms with Gasteiger partial charge in [-0.15, -0.1) is 11.3 Å². The first-order valence-corrected chi connectivity index (χ1v) is 6.36. The van der Waals surface area contributed by atoms with Gasteiger partial charge in [0.2, 0.25) is 0 Å². The summed E-state index contributed by atoms with van der Waals surface area (Å²) < 4.78 is 0. The van der Waals surface area contributed by atoms with Gasteiger partial charge in [-0.1, -0.05) is 6.07 Å². The van der Waals surface area contributed by atoms with Crippen LogP contribution in [-0.4, -0.2) is 9.97 Å². The van der Waals surface area contributed by atoms with Crippen molar-refractivity contribution >= 4 is 11.3 Å². The van der Waals surface area contributed by atoms with Crippen LogP contribution in [0.3, 0.4) is 0 Å². The quantitative estimate of drug-likeness (QED) is 0.641. The lowest BCUT2D eigenvalue weighted by atomic mass is 10.0. The predicted octanol–water partition coefficient (Wildman–Crippen LogP) is 1.90. The monoisotopic (exact) mass is 248 g/mol. The van der Waals surface area contributed by atoms with Gasteiger partial charge in [0.05, 0.1) is 11.6 Å². The highest BCUT2D eigenvalue weighted by molar-refractivity contribution is 7.09. The maximum absolute atomic E-state index is 5.63. The Kier molecular flexibility index (Phi) is 3.83. The Balaban J connectivity index is 2.23. The van der Waals surface area contributed by atoms with Crippen molar-refractivity contribution < 1.29 is 0 Å². The van der Waals surface area contributed by atoms with Gasteiger partial charge in [0.25, 0.3) is 0 Å². The number of aromatic nitrogens is 2. The lowest BCUT2D eigenvalue weighted by Crippen LogP contribution is -2.30. The zero-order valence-electron chi connectivity index (χ0n) is 9.97. The first kappa shape index (κ1) is 12.2. The third-order valence-electron chi connectivity index (χ3n) is 2.73. The van der Waals surface area contributed by atoms with Crippen LogP contribution in [-0.2, 0) is 6.42 Å². The summed E-state index contributed by atoms with van der Waals surface area (Å²) >= 11 is 1.64. The molecule has 0 saturated carbocycles. The van der Waals surface area contributed by atoms with E-state index in [1.54, 1.807) is 11.3 Å². The molecule has 0 fully saturated rings. The van der Waals surface area contributed by atoms with Crippen molar-refractivity contribution in [2.45, 2.75) is 26.3 Å². The first-order valence-electron chi connectivity index (χ1n) is 5.48. The first-order chi connectivity index (χ1) is 8.20. The van der Waals surface area contributed by atoms with E-state index in [9.17, 15) is 0 Å². The molecule has 3 N–H and O–H groups in total. The van der Waals surface area contributed by atoms with Crippen LogP contribution >= 0.6 is 11.3 Å². The van der Waals surface area contributed by atoms with Crippen molar-refractivity contribution in [1.29, 1.82) is 0 Å². The molecule has 0 saturated heterocycles. The molecule has 2 aromatic rings. The van der Waals surface area contributed by atoms with Crippen LogP contribution < -0.4 is 11.3 Å². The molecule has 0 aliphatic rings. The zero-order valence-corrected chi connectivity index (χ0v) is 10.8. The summed E-state index contributed by atoms with van der Waals surface area (Å²) in [4.78, 5) is 9.75. The van der Waals surface area contributed by atoms with Crippen LogP contribution in [0.15, 0.2) is 23.8 Å². The number of pyridine rings is 1. The second kappa shape index (κ2) is 5.35. The van der Waals surface area contributed by atoms with Gasteiger partial charge in [-0.05, 0) is 25.5 Å². The van der Waals surface area contributed by atoms with Gasteiger partial charge < -0.3 is 0 Å². The van der Waals surface area contributed by atoms with Crippen molar-refractivity contribution in [3.8, 4) is 0 Å². The second-order valence-corrected chi connectivity index (χ2v) is 4.99. The van der Waals surface area contributed by atoms with Gasteiger partial charge in [-0.2, -0.15) is 0 Å². The minimum absolute atomic E-state index is 0.0866. The number of hydrogen-bond acceptors (Lipinski definition) is 5. The van der Waals surface area contributed by atoms with Crippen LogP contribution in [0.4, 0.5) is 0 Å². The molecular formula is C12H16N4S. The number of nitrogens with two attached hydrogens (primary N) is 1. The van der Waals surface area contributed by atoms with Crippen LogP contribution in [0.1, 0.15) is 27.9 Å². The molecule has 5 heteroatoms. The molecule has 0 spiro atoms. The Bertz CT molecular complexity index is 481. The maximum Gasteiger partial charge on any atom is 0.0794 e. The molecule has 0 amide bonds. The fraction of sp³-hybridized carbons (Fsp3) is 0.333. The molecule has 1 unspecified atom stereocenters. The normalized spacial score (nSPS) is 12.6. The molecule has 0 radical (unpaired) electrons. The molecule has 0 aliphatic carbocycles. The van der Waals surface area contributed by atoms with E-state index in [4.69, 9.17) is 5.84 Å². The minimum atomic E-state index is 0.0866. The van der Waals surface area contributed by atoms with E-state index in [2.05, 4.69) is 21.5 Å². The van der Waals surface area contributed by atoms with Gasteiger partial charge >= 0.3 is 0 Å². The van der Waals surface area contributed by atoms with E-state index < -0.39 is 0 Å². The van der Waals surface area contributed by atoms with Crippen LogP contribution in [0.5, 0.6) is 0 Å². The Labute approximate surface area is 105 Å². The molecule has 4 nitrogen and oxygen atoms in total. The van der Waals surface area contributed by atoms with Crippen molar-refractivity contribution in [2.75, 3.05) is 0 Å². The highest BCUT2D eigenvalue weighted by Gasteiger charge is 2.14. The van der Waals surface area contributed by atoms with Gasteiger partial charge in [-0.25, -0.2) is 0 Å². The summed E-state index contributed by atoms with van der Waals surface area (Å²) in [5, 5.41) is 0. The number of thiazole rings is 1. The van der Waals surface area contributed by atoms with E-state index in [1.165, 1.54) is 4.88 Å². The minimum Gasteiger partial charge on any atom is -0.271 e. The number of hydrazine groups is 1.